The summed E-state index contributed by atoms with van der Waals surface area (Å²) in [7, 11) is 1.32. The van der Waals surface area contributed by atoms with Crippen molar-refractivity contribution in [1.29, 1.82) is 0 Å². The maximum absolute atomic E-state index is 13.0. The number of hydrogen-bond acceptors (Lipinski definition) is 5. The minimum atomic E-state index is -0.514. The summed E-state index contributed by atoms with van der Waals surface area (Å²) in [5, 5.41) is 3.36. The van der Waals surface area contributed by atoms with Crippen molar-refractivity contribution in [1.82, 2.24) is 4.90 Å². The van der Waals surface area contributed by atoms with Crippen molar-refractivity contribution in [3.8, 4) is 0 Å². The number of ether oxygens (including phenoxy) is 1. The number of piperidine rings is 1. The second-order valence-electron chi connectivity index (χ2n) is 7.43. The van der Waals surface area contributed by atoms with E-state index in [9.17, 15) is 14.4 Å². The molecule has 0 unspecified atom stereocenters. The lowest BCUT2D eigenvalue weighted by Gasteiger charge is -2.26. The minimum Gasteiger partial charge on any atom is -0.465 e. The van der Waals surface area contributed by atoms with E-state index in [2.05, 4.69) is 5.32 Å². The zero-order valence-corrected chi connectivity index (χ0v) is 17.0. The third-order valence-electron chi connectivity index (χ3n) is 5.59. The van der Waals surface area contributed by atoms with E-state index in [0.29, 0.717) is 21.0 Å². The van der Waals surface area contributed by atoms with Crippen LogP contribution in [0.15, 0.2) is 0 Å². The summed E-state index contributed by atoms with van der Waals surface area (Å²) in [5.41, 5.74) is 0.911. The van der Waals surface area contributed by atoms with Crippen molar-refractivity contribution in [3.63, 3.8) is 0 Å². The number of amides is 2. The van der Waals surface area contributed by atoms with E-state index in [0.717, 1.165) is 58.0 Å². The number of esters is 1. The van der Waals surface area contributed by atoms with Crippen LogP contribution >= 0.6 is 11.3 Å². The first-order chi connectivity index (χ1) is 13.0. The standard InChI is InChI=1S/C20H28N2O4S/c1-13-15(20(25)26-2)18(21-17(23)14-9-5-3-6-10-14)27-16(13)19(24)22-11-7-4-8-12-22/h14H,3-12H2,1-2H3,(H,21,23). The summed E-state index contributed by atoms with van der Waals surface area (Å²) in [6.07, 6.45) is 8.20. The van der Waals surface area contributed by atoms with Crippen LogP contribution in [0.1, 0.15) is 77.0 Å². The highest BCUT2D eigenvalue weighted by molar-refractivity contribution is 7.18. The Hall–Kier alpha value is -1.89. The van der Waals surface area contributed by atoms with Gasteiger partial charge in [-0.25, -0.2) is 4.79 Å². The van der Waals surface area contributed by atoms with Crippen molar-refractivity contribution in [2.24, 2.45) is 5.92 Å². The van der Waals surface area contributed by atoms with Gasteiger partial charge in [0.1, 0.15) is 5.00 Å². The Morgan fingerprint density at radius 2 is 1.67 bits per heavy atom. The molecular formula is C20H28N2O4S. The van der Waals surface area contributed by atoms with Crippen molar-refractivity contribution < 1.29 is 19.1 Å². The smallest absolute Gasteiger partial charge is 0.341 e. The molecule has 2 heterocycles. The number of anilines is 1. The van der Waals surface area contributed by atoms with Crippen molar-refractivity contribution in [3.05, 3.63) is 16.0 Å². The Morgan fingerprint density at radius 1 is 1.04 bits per heavy atom. The van der Waals surface area contributed by atoms with Crippen LogP contribution in [0.4, 0.5) is 5.00 Å². The number of carbonyl (C=O) groups is 3. The largest absolute Gasteiger partial charge is 0.465 e. The molecule has 0 atom stereocenters. The number of rotatable bonds is 4. The Morgan fingerprint density at radius 3 is 2.30 bits per heavy atom. The van der Waals surface area contributed by atoms with E-state index in [4.69, 9.17) is 4.74 Å². The number of likely N-dealkylation sites (tertiary alicyclic amines) is 1. The first-order valence-corrected chi connectivity index (χ1v) is 10.7. The van der Waals surface area contributed by atoms with E-state index in [1.807, 2.05) is 4.90 Å². The quantitative estimate of drug-likeness (QED) is 0.786. The molecule has 1 aliphatic carbocycles. The molecule has 0 aromatic carbocycles. The second-order valence-corrected chi connectivity index (χ2v) is 8.45. The molecule has 1 aromatic heterocycles. The maximum atomic E-state index is 13.0. The second kappa shape index (κ2) is 8.87. The van der Waals surface area contributed by atoms with Gasteiger partial charge in [0, 0.05) is 19.0 Å². The molecule has 1 aromatic rings. The zero-order chi connectivity index (χ0) is 19.4. The summed E-state index contributed by atoms with van der Waals surface area (Å²) in [5.74, 6) is -0.646. The molecule has 6 nitrogen and oxygen atoms in total. The Labute approximate surface area is 164 Å². The first-order valence-electron chi connectivity index (χ1n) is 9.84. The fourth-order valence-corrected chi connectivity index (χ4v) is 5.14. The highest BCUT2D eigenvalue weighted by Gasteiger charge is 2.30. The summed E-state index contributed by atoms with van der Waals surface area (Å²) in [6, 6.07) is 0. The number of nitrogens with one attached hydrogen (secondary N) is 1. The lowest BCUT2D eigenvalue weighted by molar-refractivity contribution is -0.120. The van der Waals surface area contributed by atoms with Crippen LogP contribution in [0.3, 0.4) is 0 Å². The molecule has 7 heteroatoms. The molecule has 27 heavy (non-hydrogen) atoms. The molecular weight excluding hydrogens is 364 g/mol. The summed E-state index contributed by atoms with van der Waals surface area (Å²) < 4.78 is 4.91. The van der Waals surface area contributed by atoms with Crippen molar-refractivity contribution >= 4 is 34.1 Å². The summed E-state index contributed by atoms with van der Waals surface area (Å²) in [6.45, 7) is 3.25. The molecule has 1 saturated carbocycles. The summed E-state index contributed by atoms with van der Waals surface area (Å²) >= 11 is 1.20. The van der Waals surface area contributed by atoms with Gasteiger partial charge >= 0.3 is 5.97 Å². The number of carbonyl (C=O) groups excluding carboxylic acids is 3. The Kier molecular flexibility index (Phi) is 6.52. The molecule has 1 saturated heterocycles. The van der Waals surface area contributed by atoms with Crippen molar-refractivity contribution in [2.45, 2.75) is 58.3 Å². The third kappa shape index (κ3) is 4.34. The van der Waals surface area contributed by atoms with Crippen LogP contribution in [0.2, 0.25) is 0 Å². The van der Waals surface area contributed by atoms with Gasteiger partial charge in [0.05, 0.1) is 17.6 Å². The van der Waals surface area contributed by atoms with Gasteiger partial charge < -0.3 is 15.0 Å². The molecule has 0 spiro atoms. The maximum Gasteiger partial charge on any atom is 0.341 e. The molecule has 2 fully saturated rings. The molecule has 2 amide bonds. The monoisotopic (exact) mass is 392 g/mol. The fraction of sp³-hybridized carbons (Fsp3) is 0.650. The number of methoxy groups -OCH3 is 1. The van der Waals surface area contributed by atoms with Crippen LogP contribution in [-0.4, -0.2) is 42.9 Å². The fourth-order valence-electron chi connectivity index (χ4n) is 3.97. The van der Waals surface area contributed by atoms with Crippen LogP contribution < -0.4 is 5.32 Å². The van der Waals surface area contributed by atoms with Gasteiger partial charge in [0.25, 0.3) is 5.91 Å². The zero-order valence-electron chi connectivity index (χ0n) is 16.1. The highest BCUT2D eigenvalue weighted by atomic mass is 32.1. The van der Waals surface area contributed by atoms with Crippen LogP contribution in [-0.2, 0) is 9.53 Å². The van der Waals surface area contributed by atoms with Crippen LogP contribution in [0.5, 0.6) is 0 Å². The van der Waals surface area contributed by atoms with Crippen molar-refractivity contribution in [2.75, 3.05) is 25.5 Å². The van der Waals surface area contributed by atoms with Crippen LogP contribution in [0.25, 0.3) is 0 Å². The first kappa shape index (κ1) is 19.9. The average Bonchev–Trinajstić information content (AvgIpc) is 3.04. The molecule has 148 valence electrons. The topological polar surface area (TPSA) is 75.7 Å². The van der Waals surface area contributed by atoms with Gasteiger partial charge in [-0.1, -0.05) is 19.3 Å². The molecule has 0 radical (unpaired) electrons. The molecule has 1 aliphatic heterocycles. The Balaban J connectivity index is 1.86. The summed E-state index contributed by atoms with van der Waals surface area (Å²) in [4.78, 5) is 40.3. The van der Waals surface area contributed by atoms with E-state index >= 15 is 0 Å². The van der Waals surface area contributed by atoms with Gasteiger partial charge in [-0.15, -0.1) is 11.3 Å². The molecule has 1 N–H and O–H groups in total. The van der Waals surface area contributed by atoms with Gasteiger partial charge in [0.2, 0.25) is 5.91 Å². The lowest BCUT2D eigenvalue weighted by Crippen LogP contribution is -2.35. The molecule has 0 bridgehead atoms. The SMILES string of the molecule is COC(=O)c1c(NC(=O)C2CCCCC2)sc(C(=O)N2CCCCC2)c1C. The van der Waals surface area contributed by atoms with Gasteiger partial charge in [-0.3, -0.25) is 9.59 Å². The molecule has 2 aliphatic rings. The number of thiophene rings is 1. The normalized spacial score (nSPS) is 18.2. The molecule has 3 rings (SSSR count). The van der Waals surface area contributed by atoms with Gasteiger partial charge in [-0.05, 0) is 44.6 Å². The van der Waals surface area contributed by atoms with Gasteiger partial charge in [-0.2, -0.15) is 0 Å². The predicted octanol–water partition coefficient (Wildman–Crippen LogP) is 3.99. The van der Waals surface area contributed by atoms with E-state index in [-0.39, 0.29) is 17.7 Å². The number of hydrogen-bond donors (Lipinski definition) is 1. The van der Waals surface area contributed by atoms with Gasteiger partial charge in [0.15, 0.2) is 0 Å². The highest BCUT2D eigenvalue weighted by Crippen LogP contribution is 2.36. The van der Waals surface area contributed by atoms with E-state index in [1.54, 1.807) is 6.92 Å². The Bertz CT molecular complexity index is 716. The minimum absolute atomic E-state index is 0.0205. The lowest BCUT2D eigenvalue weighted by atomic mass is 9.89. The van der Waals surface area contributed by atoms with E-state index < -0.39 is 5.97 Å². The van der Waals surface area contributed by atoms with Crippen LogP contribution in [0, 0.1) is 12.8 Å². The average molecular weight is 393 g/mol. The van der Waals surface area contributed by atoms with E-state index in [1.165, 1.54) is 24.9 Å². The predicted molar refractivity (Wildman–Crippen MR) is 105 cm³/mol. The third-order valence-corrected chi connectivity index (χ3v) is 6.78. The number of nitrogens with zero attached hydrogens (tertiary/aromatic N) is 1.